The van der Waals surface area contributed by atoms with Gasteiger partial charge in [0.2, 0.25) is 11.9 Å². The fourth-order valence-electron chi connectivity index (χ4n) is 3.91. The number of hydrogen-bond donors (Lipinski definition) is 3. The number of nitrogens with zero attached hydrogens (tertiary/aromatic N) is 6. The summed E-state index contributed by atoms with van der Waals surface area (Å²) >= 11 is 0. The number of benzene rings is 2. The van der Waals surface area contributed by atoms with Crippen LogP contribution in [0.1, 0.15) is 0 Å². The molecule has 0 aliphatic carbocycles. The van der Waals surface area contributed by atoms with Crippen LogP contribution in [0.2, 0.25) is 0 Å². The van der Waals surface area contributed by atoms with Crippen LogP contribution in [0, 0.1) is 0 Å². The van der Waals surface area contributed by atoms with Crippen LogP contribution < -0.4 is 26.0 Å². The number of para-hydroxylation sites is 2. The number of nitrogens with one attached hydrogen (secondary N) is 2. The number of aromatic nitrogens is 4. The maximum absolute atomic E-state index is 12.8. The second-order valence-corrected chi connectivity index (χ2v) is 8.77. The normalized spacial score (nSPS) is 11.0. The largest absolute Gasteiger partial charge is 0.494 e. The van der Waals surface area contributed by atoms with Crippen LogP contribution in [0.25, 0.3) is 16.9 Å². The van der Waals surface area contributed by atoms with Crippen molar-refractivity contribution < 1.29 is 14.7 Å². The Kier molecular flexibility index (Phi) is 7.63. The summed E-state index contributed by atoms with van der Waals surface area (Å²) in [4.78, 5) is 37.8. The molecule has 4 aromatic rings. The minimum absolute atomic E-state index is 0.178. The van der Waals surface area contributed by atoms with E-state index in [9.17, 15) is 14.8 Å². The molecule has 1 amide bonds. The van der Waals surface area contributed by atoms with Gasteiger partial charge in [0.25, 0.3) is 0 Å². The monoisotopic (exact) mass is 518 g/mol. The SMILES string of the molecule is C=CC(=O)Nc1cc(Nc2nccc(-n3c(=O)n(O)c4ccccc43)n2)c(OC)cc1N(C)CCN(C)C. The third-order valence-corrected chi connectivity index (χ3v) is 5.89. The zero-order valence-electron chi connectivity index (χ0n) is 21.7. The van der Waals surface area contributed by atoms with Crippen molar-refractivity contribution in [3.63, 3.8) is 0 Å². The molecule has 2 aromatic heterocycles. The van der Waals surface area contributed by atoms with E-state index in [0.717, 1.165) is 12.2 Å². The van der Waals surface area contributed by atoms with Crippen molar-refractivity contribution in [2.45, 2.75) is 0 Å². The Hall–Kier alpha value is -4.84. The molecular weight excluding hydrogens is 488 g/mol. The molecule has 3 N–H and O–H groups in total. The number of amides is 1. The molecule has 0 unspecified atom stereocenters. The van der Waals surface area contributed by atoms with Gasteiger partial charge in [-0.05, 0) is 38.4 Å². The third kappa shape index (κ3) is 5.30. The number of fused-ring (bicyclic) bond motifs is 1. The van der Waals surface area contributed by atoms with Gasteiger partial charge in [0.05, 0.1) is 29.7 Å². The molecule has 38 heavy (non-hydrogen) atoms. The summed E-state index contributed by atoms with van der Waals surface area (Å²) in [6.07, 6.45) is 2.69. The van der Waals surface area contributed by atoms with Gasteiger partial charge in [-0.3, -0.25) is 4.79 Å². The minimum atomic E-state index is -0.659. The summed E-state index contributed by atoms with van der Waals surface area (Å²) in [6, 6.07) is 11.9. The highest BCUT2D eigenvalue weighted by molar-refractivity contribution is 6.02. The summed E-state index contributed by atoms with van der Waals surface area (Å²) in [7, 11) is 7.45. The Morgan fingerprint density at radius 1 is 1.13 bits per heavy atom. The van der Waals surface area contributed by atoms with Gasteiger partial charge >= 0.3 is 5.69 Å². The second kappa shape index (κ2) is 11.0. The Balaban J connectivity index is 1.74. The van der Waals surface area contributed by atoms with Crippen LogP contribution in [-0.2, 0) is 4.79 Å². The zero-order valence-corrected chi connectivity index (χ0v) is 21.7. The number of rotatable bonds is 10. The van der Waals surface area contributed by atoms with E-state index in [2.05, 4.69) is 32.1 Å². The number of likely N-dealkylation sites (N-methyl/N-ethyl adjacent to an activating group) is 2. The van der Waals surface area contributed by atoms with E-state index in [1.807, 2.05) is 32.1 Å². The predicted molar refractivity (Wildman–Crippen MR) is 147 cm³/mol. The molecule has 0 aliphatic rings. The molecular formula is C26H30N8O4. The fourth-order valence-corrected chi connectivity index (χ4v) is 3.91. The topological polar surface area (TPSA) is 130 Å². The first-order chi connectivity index (χ1) is 18.2. The molecule has 2 aromatic carbocycles. The molecule has 0 saturated heterocycles. The smallest absolute Gasteiger partial charge is 0.367 e. The van der Waals surface area contributed by atoms with Crippen LogP contribution >= 0.6 is 0 Å². The standard InChI is InChI=1S/C26H30N8O4/c1-6-24(35)28-17-15-18(22(38-5)16-21(17)32(4)14-13-31(2)3)29-25-27-12-11-23(30-25)33-19-9-7-8-10-20(19)34(37)26(33)36/h6-12,15-16,37H,1,13-14H2,2-5H3,(H,28,35)(H,27,29,30). The maximum Gasteiger partial charge on any atom is 0.367 e. The highest BCUT2D eigenvalue weighted by atomic mass is 16.5. The Labute approximate surface area is 219 Å². The van der Waals surface area contributed by atoms with Gasteiger partial charge in [0.15, 0.2) is 0 Å². The van der Waals surface area contributed by atoms with Crippen LogP contribution in [0.4, 0.5) is 23.0 Å². The number of carbonyl (C=O) groups excluding carboxylic acids is 1. The van der Waals surface area contributed by atoms with Gasteiger partial charge < -0.3 is 30.4 Å². The molecule has 0 aliphatic heterocycles. The first kappa shape index (κ1) is 26.2. The van der Waals surface area contributed by atoms with Gasteiger partial charge in [-0.2, -0.15) is 4.98 Å². The van der Waals surface area contributed by atoms with Crippen molar-refractivity contribution in [1.29, 1.82) is 0 Å². The number of ether oxygens (including phenoxy) is 1. The van der Waals surface area contributed by atoms with Crippen molar-refractivity contribution in [1.82, 2.24) is 24.2 Å². The highest BCUT2D eigenvalue weighted by Gasteiger charge is 2.18. The Morgan fingerprint density at radius 3 is 2.55 bits per heavy atom. The van der Waals surface area contributed by atoms with Crippen molar-refractivity contribution in [3.8, 4) is 11.6 Å². The predicted octanol–water partition coefficient (Wildman–Crippen LogP) is 2.69. The van der Waals surface area contributed by atoms with E-state index in [1.54, 1.807) is 43.5 Å². The maximum atomic E-state index is 12.8. The minimum Gasteiger partial charge on any atom is -0.494 e. The van der Waals surface area contributed by atoms with E-state index >= 15 is 0 Å². The molecule has 0 saturated carbocycles. The van der Waals surface area contributed by atoms with E-state index in [1.165, 1.54) is 16.8 Å². The van der Waals surface area contributed by atoms with Gasteiger partial charge in [-0.1, -0.05) is 18.7 Å². The lowest BCUT2D eigenvalue weighted by Crippen LogP contribution is -2.29. The highest BCUT2D eigenvalue weighted by Crippen LogP contribution is 2.38. The van der Waals surface area contributed by atoms with Crippen molar-refractivity contribution in [2.75, 3.05) is 56.9 Å². The van der Waals surface area contributed by atoms with E-state index in [-0.39, 0.29) is 17.7 Å². The molecule has 0 radical (unpaired) electrons. The Morgan fingerprint density at radius 2 is 1.87 bits per heavy atom. The van der Waals surface area contributed by atoms with Crippen molar-refractivity contribution in [2.24, 2.45) is 0 Å². The van der Waals surface area contributed by atoms with Gasteiger partial charge in [0, 0.05) is 38.5 Å². The van der Waals surface area contributed by atoms with Gasteiger partial charge in [0.1, 0.15) is 17.1 Å². The first-order valence-electron chi connectivity index (χ1n) is 11.8. The Bertz CT molecular complexity index is 1540. The second-order valence-electron chi connectivity index (χ2n) is 8.77. The van der Waals surface area contributed by atoms with E-state index in [4.69, 9.17) is 4.74 Å². The summed E-state index contributed by atoms with van der Waals surface area (Å²) in [5.74, 6) is 0.570. The van der Waals surface area contributed by atoms with Gasteiger partial charge in [-0.15, -0.1) is 4.73 Å². The number of hydrogen-bond acceptors (Lipinski definition) is 9. The molecule has 12 heteroatoms. The number of imidazole rings is 1. The first-order valence-corrected chi connectivity index (χ1v) is 11.8. The summed E-state index contributed by atoms with van der Waals surface area (Å²) in [5, 5.41) is 16.2. The average Bonchev–Trinajstić information content (AvgIpc) is 3.17. The van der Waals surface area contributed by atoms with Crippen LogP contribution in [0.5, 0.6) is 5.75 Å². The molecule has 198 valence electrons. The van der Waals surface area contributed by atoms with Crippen molar-refractivity contribution >= 4 is 40.0 Å². The molecule has 0 spiro atoms. The summed E-state index contributed by atoms with van der Waals surface area (Å²) < 4.78 is 7.50. The summed E-state index contributed by atoms with van der Waals surface area (Å²) in [5.41, 5.74) is 1.96. The average molecular weight is 519 g/mol. The molecule has 0 atom stereocenters. The lowest BCUT2D eigenvalue weighted by molar-refractivity contribution is -0.111. The fraction of sp³-hybridized carbons (Fsp3) is 0.231. The molecule has 4 rings (SSSR count). The van der Waals surface area contributed by atoms with Crippen LogP contribution in [-0.4, -0.2) is 76.6 Å². The van der Waals surface area contributed by atoms with Crippen LogP contribution in [0.3, 0.4) is 0 Å². The molecule has 0 fully saturated rings. The zero-order chi connectivity index (χ0) is 27.4. The van der Waals surface area contributed by atoms with Crippen LogP contribution in [0.15, 0.2) is 66.1 Å². The summed E-state index contributed by atoms with van der Waals surface area (Å²) in [6.45, 7) is 5.05. The molecule has 2 heterocycles. The van der Waals surface area contributed by atoms with Gasteiger partial charge in [-0.25, -0.2) is 14.3 Å². The molecule has 12 nitrogen and oxygen atoms in total. The quantitative estimate of drug-likeness (QED) is 0.214. The number of carbonyl (C=O) groups is 1. The van der Waals surface area contributed by atoms with E-state index in [0.29, 0.717) is 39.4 Å². The number of methoxy groups -OCH3 is 1. The van der Waals surface area contributed by atoms with E-state index < -0.39 is 5.69 Å². The lowest BCUT2D eigenvalue weighted by Gasteiger charge is -2.26. The number of anilines is 4. The lowest BCUT2D eigenvalue weighted by atomic mass is 10.2. The third-order valence-electron chi connectivity index (χ3n) is 5.89. The molecule has 0 bridgehead atoms. The van der Waals surface area contributed by atoms with Crippen molar-refractivity contribution in [3.05, 3.63) is 71.8 Å².